The number of benzene rings is 8. The number of carbonyl (C=O) groups excluding carboxylic acids is 4. The minimum atomic E-state index is 0.106. The molecule has 116 heavy (non-hydrogen) atoms. The fourth-order valence-electron chi connectivity index (χ4n) is 16.5. The fraction of sp³-hybridized carbons (Fsp3) is 0.312. The molecule has 6 aliphatic heterocycles. The highest BCUT2D eigenvalue weighted by Gasteiger charge is 2.39. The van der Waals surface area contributed by atoms with Crippen LogP contribution in [0.5, 0.6) is 0 Å². The first-order valence-corrected chi connectivity index (χ1v) is 43.5. The number of rotatable bonds is 18. The summed E-state index contributed by atoms with van der Waals surface area (Å²) in [6.45, 7) is 13.0. The lowest BCUT2D eigenvalue weighted by Gasteiger charge is -2.34. The number of piperidine rings is 2. The highest BCUT2D eigenvalue weighted by Crippen LogP contribution is 2.45. The van der Waals surface area contributed by atoms with Gasteiger partial charge in [0.25, 0.3) is 0 Å². The highest BCUT2D eigenvalue weighted by molar-refractivity contribution is 9.11. The fourth-order valence-corrected chi connectivity index (χ4v) is 17.9. The average Bonchev–Trinajstić information content (AvgIpc) is 1.62. The first kappa shape index (κ1) is 81.4. The van der Waals surface area contributed by atoms with Gasteiger partial charge in [0.05, 0.1) is 58.2 Å². The number of likely N-dealkylation sites (tertiary alicyclic amines) is 2. The van der Waals surface area contributed by atoms with E-state index in [9.17, 15) is 19.2 Å². The Morgan fingerprint density at radius 3 is 1.05 bits per heavy atom. The number of Topliss-reactive ketones (excluding diaryl/α,β-unsaturated/α-hetero) is 4. The van der Waals surface area contributed by atoms with Crippen LogP contribution in [0.15, 0.2) is 231 Å². The smallest absolute Gasteiger partial charge is 0.170 e. The number of hydrogen-bond donors (Lipinski definition) is 5. The molecule has 8 aromatic carbocycles. The Morgan fingerprint density at radius 1 is 0.397 bits per heavy atom. The number of unbranched alkanes of at least 4 members (excludes halogenated alkanes) is 3. The van der Waals surface area contributed by atoms with Crippen LogP contribution in [-0.2, 0) is 64.2 Å². The van der Waals surface area contributed by atoms with Crippen LogP contribution in [0.4, 0.5) is 22.7 Å². The quantitative estimate of drug-likeness (QED) is 0.0307. The summed E-state index contributed by atoms with van der Waals surface area (Å²) in [6, 6.07) is 56.5. The summed E-state index contributed by atoms with van der Waals surface area (Å²) >= 11 is 14.1. The van der Waals surface area contributed by atoms with E-state index in [1.165, 1.54) is 45.2 Å². The number of anilines is 4. The summed E-state index contributed by atoms with van der Waals surface area (Å²) < 4.78 is 3.83. The Labute approximate surface area is 711 Å². The molecular formula is C93H94Br4N11O8+. The van der Waals surface area contributed by atoms with Gasteiger partial charge in [-0.1, -0.05) is 215 Å². The van der Waals surface area contributed by atoms with Crippen molar-refractivity contribution in [2.24, 2.45) is 20.6 Å². The van der Waals surface area contributed by atoms with Crippen LogP contribution in [0, 0.1) is 0 Å². The zero-order valence-corrected chi connectivity index (χ0v) is 72.0. The zero-order valence-electron chi connectivity index (χ0n) is 65.7. The van der Waals surface area contributed by atoms with Crippen molar-refractivity contribution in [3.8, 4) is 0 Å². The van der Waals surface area contributed by atoms with Crippen molar-refractivity contribution in [1.29, 1.82) is 0 Å². The van der Waals surface area contributed by atoms with Gasteiger partial charge in [-0.25, -0.2) is 0 Å². The van der Waals surface area contributed by atoms with E-state index in [0.29, 0.717) is 97.6 Å². The molecule has 0 saturated carbocycles. The van der Waals surface area contributed by atoms with Gasteiger partial charge < -0.3 is 50.4 Å². The monoisotopic (exact) mass is 1810 g/mol. The van der Waals surface area contributed by atoms with Gasteiger partial charge in [-0.3, -0.25) is 24.1 Å². The number of para-hydroxylation sites is 4. The van der Waals surface area contributed by atoms with E-state index < -0.39 is 0 Å². The number of hydrogen-bond acceptors (Lipinski definition) is 18. The van der Waals surface area contributed by atoms with E-state index in [1.807, 2.05) is 170 Å². The molecule has 0 aromatic heterocycles. The van der Waals surface area contributed by atoms with Crippen molar-refractivity contribution in [1.82, 2.24) is 9.80 Å². The summed E-state index contributed by atoms with van der Waals surface area (Å²) in [6.07, 6.45) is 13.2. The second-order valence-corrected chi connectivity index (χ2v) is 34.2. The van der Waals surface area contributed by atoms with E-state index >= 15 is 0 Å². The number of nitrogens with zero attached hydrogens (tertiary/aromatic N) is 6. The standard InChI is InChI=1S/C26H29BrN4O2.C24H24BrN3O2.C22H21BrN2O2.C21H19BrN2O2/c1-30(2)19-9-11-31(12-10-19)13-14-33-29-25-20-5-3-4-6-22(20)28-26(25)24-21-16-18(27)8-7-17(21)15-23(24)32;25-17-9-8-16-14-21(29)22(19(16)15-17)24-23(18-6-2-3-7-20(18)26-24)27-30-13-12-28-10-4-1-5-11-28;1-2-3-6-11-27-25-21-16-7-4-5-8-18(16)24-22(21)20-17-13-15(23)10-9-14(17)12-19(20)26;1-2-3-10-26-24-20-15-6-4-5-7-17(15)23-21(20)19-16-12-14(22)9-8-13(16)11-18(19)25/h3-8,16,19,28H,9-15H2,1-2H3;2-3,6-9,15,26H,1,4-5,10-14H2;4-5,7-10,13,24H,2-3,6,11-12H2,1H3;4-9,12,23H,2-3,10-11H2,1H3/p+1/b26-24-,29-25+;24-22-,27-23+;22-20-,25-21+;21-19-,24-20+. The van der Waals surface area contributed by atoms with Gasteiger partial charge in [-0.05, 0) is 189 Å². The number of nitrogens with one attached hydrogen (secondary N) is 5. The molecule has 0 spiro atoms. The SMILES string of the molecule is CCCCCO/N=C1/C(=C2/C(=O)Cc3ccc(Br)cc32)Nc2ccccc21.CCCCO/N=C1/C(=C2/C(=O)Cc3ccc(Br)cc32)Nc2ccccc21.CN(C)C1CCN(CCO/N=C2/C(=C3/C(=O)Cc4ccc(Br)cc43)Nc3ccccc32)CC1.O=C1Cc2ccc(Br)cc2/C1=C1/Nc2ccccc2/C1=N\OCC[NH+]1CCCCC1. The molecule has 23 heteroatoms. The van der Waals surface area contributed by atoms with Gasteiger partial charge in [0.2, 0.25) is 0 Å². The molecule has 0 unspecified atom stereocenters. The van der Waals surface area contributed by atoms with Crippen LogP contribution in [-0.4, -0.2) is 142 Å². The van der Waals surface area contributed by atoms with E-state index in [2.05, 4.69) is 143 Å². The Bertz CT molecular complexity index is 5420. The maximum Gasteiger partial charge on any atom is 0.170 e. The molecule has 8 aromatic rings. The highest BCUT2D eigenvalue weighted by atomic mass is 79.9. The minimum absolute atomic E-state index is 0.106. The van der Waals surface area contributed by atoms with E-state index in [0.717, 1.165) is 194 Å². The number of quaternary nitrogens is 1. The number of ketones is 4. The third-order valence-corrected chi connectivity index (χ3v) is 24.5. The first-order valence-electron chi connectivity index (χ1n) is 40.3. The second-order valence-electron chi connectivity index (χ2n) is 30.5. The summed E-state index contributed by atoms with van der Waals surface area (Å²) in [5.74, 6) is 0.436. The first-order chi connectivity index (χ1) is 56.6. The van der Waals surface area contributed by atoms with Gasteiger partial charge in [0.15, 0.2) is 29.7 Å². The van der Waals surface area contributed by atoms with Crippen LogP contribution in [0.1, 0.15) is 145 Å². The molecule has 2 fully saturated rings. The van der Waals surface area contributed by atoms with Crippen LogP contribution >= 0.6 is 63.7 Å². The molecule has 4 aliphatic carbocycles. The minimum Gasteiger partial charge on any atom is -0.395 e. The van der Waals surface area contributed by atoms with Crippen LogP contribution in [0.3, 0.4) is 0 Å². The molecule has 10 aliphatic rings. The van der Waals surface area contributed by atoms with Gasteiger partial charge in [-0.2, -0.15) is 0 Å². The topological polar surface area (TPSA) is 214 Å². The molecule has 5 N–H and O–H groups in total. The van der Waals surface area contributed by atoms with Gasteiger partial charge in [-0.15, -0.1) is 0 Å². The number of oxime groups is 4. The van der Waals surface area contributed by atoms with Crippen molar-refractivity contribution in [3.05, 3.63) is 277 Å². The average molecular weight is 1810 g/mol. The number of halogens is 4. The molecule has 19 nitrogen and oxygen atoms in total. The maximum absolute atomic E-state index is 13.0. The third-order valence-electron chi connectivity index (χ3n) is 22.5. The summed E-state index contributed by atoms with van der Waals surface area (Å²) in [7, 11) is 4.32. The molecule has 2 saturated heterocycles. The Hall–Kier alpha value is -9.72. The van der Waals surface area contributed by atoms with Crippen LogP contribution < -0.4 is 26.2 Å². The lowest BCUT2D eigenvalue weighted by molar-refractivity contribution is -0.905. The van der Waals surface area contributed by atoms with E-state index in [4.69, 9.17) is 19.4 Å². The molecular weight excluding hydrogens is 1720 g/mol. The molecule has 0 bridgehead atoms. The number of allylic oxidation sites excluding steroid dienone is 8. The molecule has 0 amide bonds. The van der Waals surface area contributed by atoms with E-state index in [1.54, 1.807) is 4.90 Å². The van der Waals surface area contributed by atoms with Crippen molar-refractivity contribution in [2.45, 2.75) is 110 Å². The van der Waals surface area contributed by atoms with Crippen molar-refractivity contribution in [2.75, 3.05) is 101 Å². The molecule has 6 heterocycles. The predicted octanol–water partition coefficient (Wildman–Crippen LogP) is 17.6. The van der Waals surface area contributed by atoms with Crippen LogP contribution in [0.25, 0.3) is 22.3 Å². The Balaban J connectivity index is 0.000000122. The third kappa shape index (κ3) is 18.2. The van der Waals surface area contributed by atoms with Crippen molar-refractivity contribution < 1.29 is 43.4 Å². The molecule has 596 valence electrons. The largest absolute Gasteiger partial charge is 0.395 e. The maximum atomic E-state index is 13.0. The van der Waals surface area contributed by atoms with Gasteiger partial charge in [0.1, 0.15) is 49.2 Å². The zero-order chi connectivity index (χ0) is 80.3. The summed E-state index contributed by atoms with van der Waals surface area (Å²) in [5, 5.41) is 31.6. The molecule has 0 radical (unpaired) electrons. The second kappa shape index (κ2) is 37.7. The Kier molecular flexibility index (Phi) is 26.5. The van der Waals surface area contributed by atoms with Crippen molar-refractivity contribution >= 4 is 155 Å². The Morgan fingerprint density at radius 2 is 0.716 bits per heavy atom. The lowest BCUT2D eigenvalue weighted by atomic mass is 10.0. The normalized spacial score (nSPS) is 20.8. The van der Waals surface area contributed by atoms with Crippen molar-refractivity contribution in [3.63, 3.8) is 0 Å². The predicted molar refractivity (Wildman–Crippen MR) is 476 cm³/mol. The summed E-state index contributed by atoms with van der Waals surface area (Å²) in [5.41, 5.74) is 24.3. The molecule has 0 atom stereocenters. The van der Waals surface area contributed by atoms with Gasteiger partial charge in [0, 0.05) is 101 Å². The van der Waals surface area contributed by atoms with E-state index in [-0.39, 0.29) is 23.1 Å². The van der Waals surface area contributed by atoms with Gasteiger partial charge >= 0.3 is 0 Å². The molecule has 18 rings (SSSR count). The van der Waals surface area contributed by atoms with Crippen LogP contribution in [0.2, 0.25) is 0 Å². The number of fused-ring (bicyclic) bond motifs is 8. The lowest BCUT2D eigenvalue weighted by Crippen LogP contribution is -3.13. The summed E-state index contributed by atoms with van der Waals surface area (Å²) in [4.78, 5) is 80.7. The number of carbonyl (C=O) groups is 4.